The molecule has 0 fully saturated rings. The Morgan fingerprint density at radius 2 is 2.00 bits per heavy atom. The van der Waals surface area contributed by atoms with Crippen LogP contribution in [-0.2, 0) is 21.4 Å². The van der Waals surface area contributed by atoms with Gasteiger partial charge in [0.2, 0.25) is 0 Å². The topological polar surface area (TPSA) is 52.1 Å². The molecular formula is C12H18N2O2. The molecule has 1 aromatic heterocycles. The molecule has 0 saturated heterocycles. The highest BCUT2D eigenvalue weighted by Crippen LogP contribution is 2.20. The van der Waals surface area contributed by atoms with E-state index < -0.39 is 0 Å². The van der Waals surface area contributed by atoms with Gasteiger partial charge < -0.3 is 4.74 Å². The van der Waals surface area contributed by atoms with E-state index in [4.69, 9.17) is 0 Å². The Morgan fingerprint density at radius 1 is 1.38 bits per heavy atom. The van der Waals surface area contributed by atoms with Gasteiger partial charge in [-0.15, -0.1) is 0 Å². The van der Waals surface area contributed by atoms with Gasteiger partial charge in [-0.3, -0.25) is 4.79 Å². The Labute approximate surface area is 96.1 Å². The van der Waals surface area contributed by atoms with Gasteiger partial charge >= 0.3 is 5.97 Å². The second-order valence-corrected chi connectivity index (χ2v) is 4.81. The Morgan fingerprint density at radius 3 is 2.50 bits per heavy atom. The summed E-state index contributed by atoms with van der Waals surface area (Å²) >= 11 is 0. The lowest BCUT2D eigenvalue weighted by molar-refractivity contribution is -0.139. The van der Waals surface area contributed by atoms with Crippen molar-refractivity contribution in [3.8, 4) is 0 Å². The van der Waals surface area contributed by atoms with Crippen molar-refractivity contribution in [2.24, 2.45) is 0 Å². The minimum absolute atomic E-state index is 0.0431. The molecule has 1 heterocycles. The van der Waals surface area contributed by atoms with Crippen LogP contribution in [0.1, 0.15) is 38.0 Å². The van der Waals surface area contributed by atoms with Crippen molar-refractivity contribution in [1.82, 2.24) is 9.97 Å². The van der Waals surface area contributed by atoms with Crippen molar-refractivity contribution >= 4 is 5.97 Å². The second kappa shape index (κ2) is 4.60. The third-order valence-electron chi connectivity index (χ3n) is 2.20. The molecule has 0 aromatic carbocycles. The molecule has 0 radical (unpaired) electrons. The third-order valence-corrected chi connectivity index (χ3v) is 2.20. The lowest BCUT2D eigenvalue weighted by atomic mass is 9.91. The molecule has 0 atom stereocenters. The lowest BCUT2D eigenvalue weighted by Crippen LogP contribution is -2.17. The molecule has 0 aliphatic rings. The van der Waals surface area contributed by atoms with E-state index in [1.54, 1.807) is 0 Å². The van der Waals surface area contributed by atoms with Gasteiger partial charge in [-0.25, -0.2) is 9.97 Å². The Bertz CT molecular complexity index is 394. The fourth-order valence-corrected chi connectivity index (χ4v) is 1.29. The summed E-state index contributed by atoms with van der Waals surface area (Å²) in [6, 6.07) is 1.95. The number of aryl methyl sites for hydroxylation is 1. The molecule has 88 valence electrons. The van der Waals surface area contributed by atoms with Crippen LogP contribution in [0.25, 0.3) is 0 Å². The number of carbonyl (C=O) groups is 1. The zero-order valence-corrected chi connectivity index (χ0v) is 10.5. The van der Waals surface area contributed by atoms with Gasteiger partial charge in [0, 0.05) is 16.8 Å². The van der Waals surface area contributed by atoms with E-state index in [1.807, 2.05) is 13.0 Å². The minimum atomic E-state index is -0.314. The van der Waals surface area contributed by atoms with Crippen molar-refractivity contribution < 1.29 is 9.53 Å². The summed E-state index contributed by atoms with van der Waals surface area (Å²) in [5, 5.41) is 0. The predicted octanol–water partition coefficient (Wildman–Crippen LogP) is 1.80. The first-order valence-corrected chi connectivity index (χ1v) is 5.25. The number of ether oxygens (including phenoxy) is 1. The molecular weight excluding hydrogens is 204 g/mol. The smallest absolute Gasteiger partial charge is 0.313 e. The summed E-state index contributed by atoms with van der Waals surface area (Å²) in [5.41, 5.74) is 1.77. The van der Waals surface area contributed by atoms with E-state index in [9.17, 15) is 4.79 Å². The lowest BCUT2D eigenvalue weighted by Gasteiger charge is -2.18. The Kier molecular flexibility index (Phi) is 3.62. The highest BCUT2D eigenvalue weighted by atomic mass is 16.5. The summed E-state index contributed by atoms with van der Waals surface area (Å²) in [6.45, 7) is 8.14. The van der Waals surface area contributed by atoms with Gasteiger partial charge in [0.15, 0.2) is 0 Å². The summed E-state index contributed by atoms with van der Waals surface area (Å²) < 4.78 is 4.60. The van der Waals surface area contributed by atoms with Crippen LogP contribution in [0.2, 0.25) is 0 Å². The molecule has 1 rings (SSSR count). The Hall–Kier alpha value is -1.45. The predicted molar refractivity (Wildman–Crippen MR) is 61.2 cm³/mol. The molecule has 0 saturated carbocycles. The maximum Gasteiger partial charge on any atom is 0.313 e. The molecule has 1 aromatic rings. The van der Waals surface area contributed by atoms with Crippen molar-refractivity contribution in [3.05, 3.63) is 23.3 Å². The molecule has 0 bridgehead atoms. The van der Waals surface area contributed by atoms with E-state index in [0.717, 1.165) is 11.4 Å². The van der Waals surface area contributed by atoms with E-state index in [1.165, 1.54) is 7.11 Å². The van der Waals surface area contributed by atoms with Crippen LogP contribution < -0.4 is 0 Å². The average Bonchev–Trinajstić information content (AvgIpc) is 2.15. The van der Waals surface area contributed by atoms with Gasteiger partial charge in [-0.2, -0.15) is 0 Å². The van der Waals surface area contributed by atoms with Crippen LogP contribution in [-0.4, -0.2) is 23.0 Å². The maximum atomic E-state index is 11.2. The standard InChI is InChI=1S/C12H18N2O2/c1-8-6-9(12(2,3)4)14-10(13-8)7-11(15)16-5/h6H,7H2,1-5H3. The Balaban J connectivity index is 3.04. The number of aromatic nitrogens is 2. The van der Waals surface area contributed by atoms with E-state index in [2.05, 4.69) is 35.5 Å². The van der Waals surface area contributed by atoms with Crippen molar-refractivity contribution in [2.75, 3.05) is 7.11 Å². The van der Waals surface area contributed by atoms with E-state index >= 15 is 0 Å². The van der Waals surface area contributed by atoms with Crippen LogP contribution >= 0.6 is 0 Å². The number of carbonyl (C=O) groups excluding carboxylic acids is 1. The molecule has 0 unspecified atom stereocenters. The van der Waals surface area contributed by atoms with Gasteiger partial charge in [-0.1, -0.05) is 20.8 Å². The number of nitrogens with zero attached hydrogens (tertiary/aromatic N) is 2. The summed E-state index contributed by atoms with van der Waals surface area (Å²) in [7, 11) is 1.36. The highest BCUT2D eigenvalue weighted by Gasteiger charge is 2.18. The van der Waals surface area contributed by atoms with Crippen LogP contribution in [0.3, 0.4) is 0 Å². The van der Waals surface area contributed by atoms with Crippen LogP contribution in [0.15, 0.2) is 6.07 Å². The van der Waals surface area contributed by atoms with E-state index in [0.29, 0.717) is 5.82 Å². The van der Waals surface area contributed by atoms with Crippen molar-refractivity contribution in [3.63, 3.8) is 0 Å². The largest absolute Gasteiger partial charge is 0.469 e. The van der Waals surface area contributed by atoms with Crippen LogP contribution in [0.4, 0.5) is 0 Å². The highest BCUT2D eigenvalue weighted by molar-refractivity contribution is 5.71. The third kappa shape index (κ3) is 3.29. The second-order valence-electron chi connectivity index (χ2n) is 4.81. The number of rotatable bonds is 2. The number of methoxy groups -OCH3 is 1. The zero-order chi connectivity index (χ0) is 12.3. The first kappa shape index (κ1) is 12.6. The normalized spacial score (nSPS) is 11.3. The zero-order valence-electron chi connectivity index (χ0n) is 10.5. The van der Waals surface area contributed by atoms with E-state index in [-0.39, 0.29) is 17.8 Å². The maximum absolute atomic E-state index is 11.2. The summed E-state index contributed by atoms with van der Waals surface area (Å²) in [5.74, 6) is 0.210. The molecule has 0 N–H and O–H groups in total. The number of esters is 1. The van der Waals surface area contributed by atoms with Crippen molar-refractivity contribution in [1.29, 1.82) is 0 Å². The first-order chi connectivity index (χ1) is 7.32. The van der Waals surface area contributed by atoms with Crippen molar-refractivity contribution in [2.45, 2.75) is 39.5 Å². The molecule has 4 heteroatoms. The fraction of sp³-hybridized carbons (Fsp3) is 0.583. The van der Waals surface area contributed by atoms with Gasteiger partial charge in [0.25, 0.3) is 0 Å². The molecule has 0 amide bonds. The first-order valence-electron chi connectivity index (χ1n) is 5.25. The molecule has 16 heavy (non-hydrogen) atoms. The SMILES string of the molecule is COC(=O)Cc1nc(C)cc(C(C)(C)C)n1. The number of hydrogen-bond donors (Lipinski definition) is 0. The van der Waals surface area contributed by atoms with Gasteiger partial charge in [0.05, 0.1) is 7.11 Å². The van der Waals surface area contributed by atoms with Crippen LogP contribution in [0.5, 0.6) is 0 Å². The molecule has 0 spiro atoms. The molecule has 0 aliphatic heterocycles. The summed E-state index contributed by atoms with van der Waals surface area (Å²) in [4.78, 5) is 19.8. The molecule has 4 nitrogen and oxygen atoms in total. The monoisotopic (exact) mass is 222 g/mol. The average molecular weight is 222 g/mol. The van der Waals surface area contributed by atoms with Gasteiger partial charge in [-0.05, 0) is 13.0 Å². The number of hydrogen-bond acceptors (Lipinski definition) is 4. The molecule has 0 aliphatic carbocycles. The van der Waals surface area contributed by atoms with Gasteiger partial charge in [0.1, 0.15) is 12.2 Å². The minimum Gasteiger partial charge on any atom is -0.469 e. The fourth-order valence-electron chi connectivity index (χ4n) is 1.29. The quantitative estimate of drug-likeness (QED) is 0.716. The summed E-state index contributed by atoms with van der Waals surface area (Å²) in [6.07, 6.45) is 0.126. The van der Waals surface area contributed by atoms with Crippen LogP contribution in [0, 0.1) is 6.92 Å².